The van der Waals surface area contributed by atoms with Gasteiger partial charge in [-0.25, -0.2) is 13.2 Å². The van der Waals surface area contributed by atoms with E-state index >= 15 is 0 Å². The van der Waals surface area contributed by atoms with Crippen LogP contribution in [0.4, 0.5) is 13.2 Å². The third kappa shape index (κ3) is 3.04. The lowest BCUT2D eigenvalue weighted by Gasteiger charge is -2.20. The van der Waals surface area contributed by atoms with E-state index in [-0.39, 0.29) is 0 Å². The number of halogens is 4. The van der Waals surface area contributed by atoms with Gasteiger partial charge in [-0.3, -0.25) is 0 Å². The second-order valence-corrected chi connectivity index (χ2v) is 5.10. The molecule has 0 bridgehead atoms. The van der Waals surface area contributed by atoms with E-state index < -0.39 is 23.5 Å². The molecule has 0 saturated heterocycles. The van der Waals surface area contributed by atoms with E-state index in [1.54, 1.807) is 12.1 Å². The van der Waals surface area contributed by atoms with Crippen molar-refractivity contribution >= 4 is 15.9 Å². The third-order valence-corrected chi connectivity index (χ3v) is 3.81. The fourth-order valence-electron chi connectivity index (χ4n) is 2.05. The largest absolute Gasteiger partial charge is 0.306 e. The molecule has 20 heavy (non-hydrogen) atoms. The lowest BCUT2D eigenvalue weighted by molar-refractivity contribution is 0.503. The maximum atomic E-state index is 13.6. The average Bonchev–Trinajstić information content (AvgIpc) is 2.43. The van der Waals surface area contributed by atoms with Gasteiger partial charge in [0, 0.05) is 0 Å². The van der Waals surface area contributed by atoms with Crippen molar-refractivity contribution in [1.82, 2.24) is 5.32 Å². The minimum Gasteiger partial charge on any atom is -0.306 e. The van der Waals surface area contributed by atoms with Gasteiger partial charge >= 0.3 is 0 Å². The van der Waals surface area contributed by atoms with Gasteiger partial charge in [0.05, 0.1) is 10.5 Å². The Hall–Kier alpha value is -1.33. The second-order valence-electron chi connectivity index (χ2n) is 4.31. The zero-order valence-electron chi connectivity index (χ0n) is 10.8. The Balaban J connectivity index is 2.50. The maximum absolute atomic E-state index is 13.6. The summed E-state index contributed by atoms with van der Waals surface area (Å²) in [5, 5.41) is 3.14. The summed E-state index contributed by atoms with van der Waals surface area (Å²) in [6, 6.07) is 7.93. The Bertz CT molecular complexity index is 616. The molecule has 5 heteroatoms. The standard InChI is InChI=1S/C15H13BrF3N/c1-2-20-15(9-6-7-11(17)13(19)8-9)10-4-3-5-12(18)14(10)16/h3-8,15,20H,2H2,1H3. The van der Waals surface area contributed by atoms with Crippen LogP contribution in [0, 0.1) is 17.5 Å². The van der Waals surface area contributed by atoms with E-state index in [0.717, 1.165) is 12.1 Å². The van der Waals surface area contributed by atoms with Crippen molar-refractivity contribution in [2.24, 2.45) is 0 Å². The summed E-state index contributed by atoms with van der Waals surface area (Å²) < 4.78 is 40.4. The van der Waals surface area contributed by atoms with Crippen LogP contribution in [-0.4, -0.2) is 6.54 Å². The van der Waals surface area contributed by atoms with Crippen LogP contribution < -0.4 is 5.32 Å². The molecule has 0 aromatic heterocycles. The highest BCUT2D eigenvalue weighted by molar-refractivity contribution is 9.10. The van der Waals surface area contributed by atoms with E-state index in [4.69, 9.17) is 0 Å². The summed E-state index contributed by atoms with van der Waals surface area (Å²) >= 11 is 3.20. The van der Waals surface area contributed by atoms with Crippen molar-refractivity contribution in [3.63, 3.8) is 0 Å². The van der Waals surface area contributed by atoms with E-state index in [2.05, 4.69) is 21.2 Å². The highest BCUT2D eigenvalue weighted by Gasteiger charge is 2.19. The first-order valence-electron chi connectivity index (χ1n) is 6.16. The summed E-state index contributed by atoms with van der Waals surface area (Å²) in [6.45, 7) is 2.49. The van der Waals surface area contributed by atoms with E-state index in [1.165, 1.54) is 12.1 Å². The molecule has 0 spiro atoms. The van der Waals surface area contributed by atoms with Crippen LogP contribution in [-0.2, 0) is 0 Å². The SMILES string of the molecule is CCNC(c1ccc(F)c(F)c1)c1cccc(F)c1Br. The molecule has 0 aliphatic rings. The molecule has 0 fully saturated rings. The molecule has 1 unspecified atom stereocenters. The molecule has 1 N–H and O–H groups in total. The first-order valence-corrected chi connectivity index (χ1v) is 6.96. The molecule has 1 atom stereocenters. The number of nitrogens with one attached hydrogen (secondary N) is 1. The molecule has 0 saturated carbocycles. The summed E-state index contributed by atoms with van der Waals surface area (Å²) in [5.74, 6) is -2.21. The fourth-order valence-corrected chi connectivity index (χ4v) is 2.54. The van der Waals surface area contributed by atoms with Gasteiger partial charge in [0.15, 0.2) is 11.6 Å². The van der Waals surface area contributed by atoms with Crippen LogP contribution in [0.1, 0.15) is 24.1 Å². The van der Waals surface area contributed by atoms with Crippen molar-refractivity contribution in [2.75, 3.05) is 6.54 Å². The predicted molar refractivity (Wildman–Crippen MR) is 76.0 cm³/mol. The van der Waals surface area contributed by atoms with Crippen LogP contribution in [0.3, 0.4) is 0 Å². The van der Waals surface area contributed by atoms with Crippen molar-refractivity contribution < 1.29 is 13.2 Å². The maximum Gasteiger partial charge on any atom is 0.159 e. The lowest BCUT2D eigenvalue weighted by Crippen LogP contribution is -2.22. The van der Waals surface area contributed by atoms with Crippen molar-refractivity contribution in [1.29, 1.82) is 0 Å². The number of rotatable bonds is 4. The zero-order chi connectivity index (χ0) is 14.7. The van der Waals surface area contributed by atoms with Crippen molar-refractivity contribution in [3.05, 3.63) is 69.4 Å². The van der Waals surface area contributed by atoms with Gasteiger partial charge in [-0.2, -0.15) is 0 Å². The topological polar surface area (TPSA) is 12.0 Å². The minimum absolute atomic E-state index is 0.315. The average molecular weight is 344 g/mol. The molecule has 2 aromatic rings. The molecule has 0 amide bonds. The third-order valence-electron chi connectivity index (χ3n) is 2.98. The van der Waals surface area contributed by atoms with Crippen molar-refractivity contribution in [3.8, 4) is 0 Å². The highest BCUT2D eigenvalue weighted by atomic mass is 79.9. The van der Waals surface area contributed by atoms with E-state index in [9.17, 15) is 13.2 Å². The van der Waals surface area contributed by atoms with Crippen molar-refractivity contribution in [2.45, 2.75) is 13.0 Å². The monoisotopic (exact) mass is 343 g/mol. The van der Waals surface area contributed by atoms with E-state index in [0.29, 0.717) is 22.1 Å². The molecule has 0 aliphatic heterocycles. The van der Waals surface area contributed by atoms with Gasteiger partial charge in [0.25, 0.3) is 0 Å². The van der Waals surface area contributed by atoms with Gasteiger partial charge in [0.1, 0.15) is 5.82 Å². The molecular weight excluding hydrogens is 331 g/mol. The molecule has 1 nitrogen and oxygen atoms in total. The van der Waals surface area contributed by atoms with Crippen LogP contribution in [0.5, 0.6) is 0 Å². The van der Waals surface area contributed by atoms with Crippen LogP contribution in [0.15, 0.2) is 40.9 Å². The number of benzene rings is 2. The summed E-state index contributed by atoms with van der Waals surface area (Å²) in [4.78, 5) is 0. The van der Waals surface area contributed by atoms with Crippen LogP contribution in [0.2, 0.25) is 0 Å². The summed E-state index contributed by atoms with van der Waals surface area (Å²) in [7, 11) is 0. The minimum atomic E-state index is -0.919. The Morgan fingerprint density at radius 3 is 2.45 bits per heavy atom. The second kappa shape index (κ2) is 6.41. The van der Waals surface area contributed by atoms with Gasteiger partial charge in [-0.15, -0.1) is 0 Å². The lowest BCUT2D eigenvalue weighted by atomic mass is 9.98. The fraction of sp³-hybridized carbons (Fsp3) is 0.200. The Morgan fingerprint density at radius 2 is 1.80 bits per heavy atom. The smallest absolute Gasteiger partial charge is 0.159 e. The molecule has 2 rings (SSSR count). The molecule has 0 heterocycles. The summed E-state index contributed by atoms with van der Waals surface area (Å²) in [6.07, 6.45) is 0. The highest BCUT2D eigenvalue weighted by Crippen LogP contribution is 2.31. The zero-order valence-corrected chi connectivity index (χ0v) is 12.3. The Kier molecular flexibility index (Phi) is 4.83. The van der Waals surface area contributed by atoms with Gasteiger partial charge < -0.3 is 5.32 Å². The molecule has 106 valence electrons. The molecule has 0 radical (unpaired) electrons. The van der Waals surface area contributed by atoms with Crippen LogP contribution in [0.25, 0.3) is 0 Å². The normalized spacial score (nSPS) is 12.4. The number of hydrogen-bond acceptors (Lipinski definition) is 1. The van der Waals surface area contributed by atoms with Gasteiger partial charge in [-0.05, 0) is 51.8 Å². The van der Waals surface area contributed by atoms with E-state index in [1.807, 2.05) is 6.92 Å². The van der Waals surface area contributed by atoms with Crippen LogP contribution >= 0.6 is 15.9 Å². The summed E-state index contributed by atoms with van der Waals surface area (Å²) in [5.41, 5.74) is 1.18. The van der Waals surface area contributed by atoms with Gasteiger partial charge in [0.2, 0.25) is 0 Å². The first-order chi connectivity index (χ1) is 9.54. The quantitative estimate of drug-likeness (QED) is 0.857. The Morgan fingerprint density at radius 1 is 1.05 bits per heavy atom. The first kappa shape index (κ1) is 15.1. The number of hydrogen-bond donors (Lipinski definition) is 1. The molecular formula is C15H13BrF3N. The molecule has 0 aliphatic carbocycles. The Labute approximate surface area is 123 Å². The molecule has 2 aromatic carbocycles. The predicted octanol–water partition coefficient (Wildman–Crippen LogP) is 4.57. The van der Waals surface area contributed by atoms with Gasteiger partial charge in [-0.1, -0.05) is 25.1 Å².